The summed E-state index contributed by atoms with van der Waals surface area (Å²) in [5.41, 5.74) is 10.8. The van der Waals surface area contributed by atoms with Gasteiger partial charge in [-0.1, -0.05) is 103 Å². The molecule has 1 fully saturated rings. The number of fused-ring (bicyclic) bond motifs is 3. The number of rotatable bonds is 13. The van der Waals surface area contributed by atoms with E-state index in [1.54, 1.807) is 10.8 Å². The van der Waals surface area contributed by atoms with Gasteiger partial charge in [0.25, 0.3) is 0 Å². The summed E-state index contributed by atoms with van der Waals surface area (Å²) in [6.07, 6.45) is 19.1. The van der Waals surface area contributed by atoms with Crippen molar-refractivity contribution in [1.29, 1.82) is 0 Å². The van der Waals surface area contributed by atoms with Crippen molar-refractivity contribution < 1.29 is 9.13 Å². The van der Waals surface area contributed by atoms with Crippen molar-refractivity contribution in [3.8, 4) is 11.3 Å². The fraction of sp³-hybridized carbons (Fsp3) is 0.533. The van der Waals surface area contributed by atoms with E-state index in [1.807, 2.05) is 0 Å². The number of hydrogen-bond acceptors (Lipinski definition) is 1. The number of benzene rings is 1. The highest BCUT2D eigenvalue weighted by atomic mass is 28.3. The van der Waals surface area contributed by atoms with Gasteiger partial charge in [-0.3, -0.25) is 4.99 Å². The lowest BCUT2D eigenvalue weighted by Crippen LogP contribution is -2.57. The molecule has 3 unspecified atom stereocenters. The molecule has 3 heterocycles. The van der Waals surface area contributed by atoms with Crippen LogP contribution in [0.3, 0.4) is 0 Å². The van der Waals surface area contributed by atoms with Crippen molar-refractivity contribution in [2.24, 2.45) is 16.8 Å². The summed E-state index contributed by atoms with van der Waals surface area (Å²) >= 11 is 0. The number of hydrogen-bond donors (Lipinski definition) is 0. The maximum absolute atomic E-state index is 5.03. The van der Waals surface area contributed by atoms with Gasteiger partial charge in [-0.2, -0.15) is 9.13 Å². The summed E-state index contributed by atoms with van der Waals surface area (Å²) in [5.74, 6) is 2.12. The molecule has 0 saturated heterocycles. The van der Waals surface area contributed by atoms with Crippen LogP contribution in [0.1, 0.15) is 126 Å². The van der Waals surface area contributed by atoms with Crippen LogP contribution < -0.4 is 14.3 Å². The highest BCUT2D eigenvalue weighted by Gasteiger charge is 2.47. The predicted octanol–water partition coefficient (Wildman–Crippen LogP) is 10.5. The number of nitrogens with zero attached hydrogens (tertiary/aromatic N) is 3. The Morgan fingerprint density at radius 1 is 1.04 bits per heavy atom. The third-order valence-electron chi connectivity index (χ3n) is 11.5. The van der Waals surface area contributed by atoms with Crippen molar-refractivity contribution in [3.05, 3.63) is 95.5 Å². The number of pyridine rings is 2. The molecule has 2 aromatic heterocycles. The van der Waals surface area contributed by atoms with Crippen molar-refractivity contribution in [1.82, 2.24) is 0 Å². The number of aryl methyl sites for hydroxylation is 1. The Morgan fingerprint density at radius 3 is 2.35 bits per heavy atom. The van der Waals surface area contributed by atoms with E-state index in [9.17, 15) is 0 Å². The minimum Gasteiger partial charge on any atom is -0.290 e. The van der Waals surface area contributed by atoms with Crippen LogP contribution in [0.2, 0.25) is 19.6 Å². The third kappa shape index (κ3) is 7.95. The summed E-state index contributed by atoms with van der Waals surface area (Å²) in [4.78, 5) is 4.64. The van der Waals surface area contributed by atoms with Gasteiger partial charge in [-0.25, -0.2) is 0 Å². The summed E-state index contributed by atoms with van der Waals surface area (Å²) in [7, 11) is -1.68. The third-order valence-corrected chi connectivity index (χ3v) is 13.5. The van der Waals surface area contributed by atoms with Crippen LogP contribution in [-0.2, 0) is 12.8 Å². The lowest BCUT2D eigenvalue weighted by atomic mass is 9.76. The Hall–Kier alpha value is -3.11. The molecule has 0 amide bonds. The van der Waals surface area contributed by atoms with Crippen LogP contribution in [-0.4, -0.2) is 20.3 Å². The molecule has 262 valence electrons. The summed E-state index contributed by atoms with van der Waals surface area (Å²) in [5, 5.41) is 1.57. The van der Waals surface area contributed by atoms with E-state index in [0.29, 0.717) is 11.8 Å². The van der Waals surface area contributed by atoms with Crippen molar-refractivity contribution in [2.75, 3.05) is 0 Å². The standard InChI is InChI=1S/C45H65N3Si/c1-13-23-45(8,46-9)24-22-40-38-20-16-17-21-39(38)42-28-37(25-31(2)3)43(49(10,11)12)30-48(42)44(40)34(7)47-29-41(32(4)5)36(26-33(47)6)27-35-18-14-15-19-35/h13,16-17,20-21,23,26,28-32,35,40,44H,7,9,14-15,18-19,22,24-25,27H2,1-6,8,10-12H3/q+2/b23-13-. The fourth-order valence-electron chi connectivity index (χ4n) is 8.89. The molecule has 0 bridgehead atoms. The topological polar surface area (TPSA) is 20.1 Å². The van der Waals surface area contributed by atoms with E-state index in [-0.39, 0.29) is 17.5 Å². The van der Waals surface area contributed by atoms with Gasteiger partial charge in [0.2, 0.25) is 17.4 Å². The molecule has 1 aliphatic heterocycles. The molecule has 4 heteroatoms. The average molecular weight is 676 g/mol. The number of aliphatic imine (C=N–C) groups is 1. The number of aromatic nitrogens is 2. The van der Waals surface area contributed by atoms with Gasteiger partial charge in [0.15, 0.2) is 18.1 Å². The van der Waals surface area contributed by atoms with E-state index >= 15 is 0 Å². The van der Waals surface area contributed by atoms with Crippen LogP contribution in [0.5, 0.6) is 0 Å². The van der Waals surface area contributed by atoms with E-state index < -0.39 is 8.07 Å². The Morgan fingerprint density at radius 2 is 1.73 bits per heavy atom. The maximum Gasteiger partial charge on any atom is 0.249 e. The maximum atomic E-state index is 5.03. The predicted molar refractivity (Wildman–Crippen MR) is 214 cm³/mol. The molecule has 49 heavy (non-hydrogen) atoms. The molecule has 3 aromatic rings. The second kappa shape index (κ2) is 15.0. The van der Waals surface area contributed by atoms with Gasteiger partial charge in [-0.15, -0.1) is 0 Å². The average Bonchev–Trinajstić information content (AvgIpc) is 3.55. The molecule has 1 aromatic carbocycles. The molecule has 2 aliphatic rings. The molecular formula is C45H65N3Si+2. The second-order valence-corrected chi connectivity index (χ2v) is 22.4. The Bertz CT molecular complexity index is 1700. The largest absolute Gasteiger partial charge is 0.290 e. The van der Waals surface area contributed by atoms with E-state index in [2.05, 4.69) is 150 Å². The Balaban J connectivity index is 1.73. The van der Waals surface area contributed by atoms with Gasteiger partial charge in [0, 0.05) is 35.4 Å². The minimum atomic E-state index is -1.68. The monoisotopic (exact) mass is 675 g/mol. The van der Waals surface area contributed by atoms with Crippen LogP contribution >= 0.6 is 0 Å². The van der Waals surface area contributed by atoms with Crippen LogP contribution in [0.4, 0.5) is 0 Å². The highest BCUT2D eigenvalue weighted by molar-refractivity contribution is 6.89. The normalized spacial score (nSPS) is 19.3. The summed E-state index contributed by atoms with van der Waals surface area (Å²) in [6.45, 7) is 32.6. The first kappa shape index (κ1) is 37.1. The molecular weight excluding hydrogens is 611 g/mol. The molecule has 3 nitrogen and oxygen atoms in total. The van der Waals surface area contributed by atoms with Crippen LogP contribution in [0, 0.1) is 18.8 Å². The SMILES string of the molecule is C=NC(C)(/C=C\C)CCC1c2ccccc2-c2cc(CC(C)C)c([Si](C)(C)C)c[n+]2C1C(=C)[n+]1cc(C(C)C)c(CC2CCCC2)cc1C. The van der Waals surface area contributed by atoms with Crippen molar-refractivity contribution >= 4 is 25.7 Å². The first-order valence-electron chi connectivity index (χ1n) is 19.2. The Kier molecular flexibility index (Phi) is 11.4. The van der Waals surface area contributed by atoms with Gasteiger partial charge >= 0.3 is 0 Å². The quantitative estimate of drug-likeness (QED) is 0.0744. The molecule has 1 saturated carbocycles. The lowest BCUT2D eigenvalue weighted by Gasteiger charge is -2.33. The number of allylic oxidation sites excluding steroid dienone is 2. The van der Waals surface area contributed by atoms with Crippen molar-refractivity contribution in [3.63, 3.8) is 0 Å². The van der Waals surface area contributed by atoms with Gasteiger partial charge < -0.3 is 0 Å². The van der Waals surface area contributed by atoms with Gasteiger partial charge in [-0.05, 0) is 93.3 Å². The first-order chi connectivity index (χ1) is 23.2. The van der Waals surface area contributed by atoms with Crippen LogP contribution in [0.25, 0.3) is 17.0 Å². The van der Waals surface area contributed by atoms with E-state index in [1.165, 1.54) is 65.7 Å². The molecule has 5 rings (SSSR count). The highest BCUT2D eigenvalue weighted by Crippen LogP contribution is 2.45. The molecule has 0 N–H and O–H groups in total. The van der Waals surface area contributed by atoms with Gasteiger partial charge in [0.05, 0.1) is 19.5 Å². The fourth-order valence-corrected chi connectivity index (χ4v) is 10.6. The van der Waals surface area contributed by atoms with Gasteiger partial charge in [0.1, 0.15) is 0 Å². The molecule has 1 aliphatic carbocycles. The van der Waals surface area contributed by atoms with Crippen molar-refractivity contribution in [2.45, 2.75) is 143 Å². The minimum absolute atomic E-state index is 0.0668. The van der Waals surface area contributed by atoms with E-state index in [0.717, 1.165) is 30.9 Å². The Labute approximate surface area is 300 Å². The molecule has 0 spiro atoms. The van der Waals surface area contributed by atoms with E-state index in [4.69, 9.17) is 6.58 Å². The summed E-state index contributed by atoms with van der Waals surface area (Å²) in [6, 6.07) is 14.3. The summed E-state index contributed by atoms with van der Waals surface area (Å²) < 4.78 is 5.11. The zero-order valence-corrected chi connectivity index (χ0v) is 33.6. The lowest BCUT2D eigenvalue weighted by molar-refractivity contribution is -0.729. The molecule has 0 radical (unpaired) electrons. The second-order valence-electron chi connectivity index (χ2n) is 17.3. The van der Waals surface area contributed by atoms with Crippen LogP contribution in [0.15, 0.2) is 72.5 Å². The zero-order valence-electron chi connectivity index (χ0n) is 32.6. The molecule has 3 atom stereocenters. The zero-order chi connectivity index (χ0) is 35.7. The smallest absolute Gasteiger partial charge is 0.249 e. The first-order valence-corrected chi connectivity index (χ1v) is 22.7.